The number of carbonyl (C=O) groups is 1. The van der Waals surface area contributed by atoms with Gasteiger partial charge in [-0.2, -0.15) is 0 Å². The van der Waals surface area contributed by atoms with Gasteiger partial charge in [0.25, 0.3) is 0 Å². The molecule has 1 aromatic rings. The molecule has 1 aromatic carbocycles. The number of anilines is 1. The van der Waals surface area contributed by atoms with Crippen LogP contribution in [0.3, 0.4) is 0 Å². The Morgan fingerprint density at radius 2 is 2.00 bits per heavy atom. The Morgan fingerprint density at radius 3 is 2.72 bits per heavy atom. The Morgan fingerprint density at radius 1 is 1.24 bits per heavy atom. The molecule has 25 heavy (non-hydrogen) atoms. The van der Waals surface area contributed by atoms with Crippen LogP contribution in [0.5, 0.6) is 0 Å². The number of hydrogen-bond donors (Lipinski definition) is 3. The van der Waals surface area contributed by atoms with Crippen molar-refractivity contribution in [2.24, 2.45) is 29.4 Å². The van der Waals surface area contributed by atoms with Crippen LogP contribution in [-0.2, 0) is 11.2 Å². The molecule has 1 saturated carbocycles. The van der Waals surface area contributed by atoms with Gasteiger partial charge in [-0.25, -0.2) is 0 Å². The lowest BCUT2D eigenvalue weighted by Gasteiger charge is -2.36. The molecular weight excluding hydrogens is 310 g/mol. The highest BCUT2D eigenvalue weighted by molar-refractivity contribution is 5.79. The van der Waals surface area contributed by atoms with E-state index in [1.54, 1.807) is 0 Å². The minimum absolute atomic E-state index is 0.175. The number of rotatable bonds is 8. The highest BCUT2D eigenvalue weighted by Crippen LogP contribution is 2.38. The summed E-state index contributed by atoms with van der Waals surface area (Å²) < 4.78 is 0. The van der Waals surface area contributed by atoms with Crippen LogP contribution in [-0.4, -0.2) is 25.5 Å². The van der Waals surface area contributed by atoms with Crippen molar-refractivity contribution in [1.82, 2.24) is 5.32 Å². The van der Waals surface area contributed by atoms with Crippen LogP contribution >= 0.6 is 0 Å². The molecule has 4 N–H and O–H groups in total. The Balaban J connectivity index is 1.89. The van der Waals surface area contributed by atoms with Gasteiger partial charge in [-0.1, -0.05) is 45.4 Å². The van der Waals surface area contributed by atoms with Gasteiger partial charge in [0.1, 0.15) is 0 Å². The Bertz CT molecular complexity index is 544. The van der Waals surface area contributed by atoms with E-state index in [0.717, 1.165) is 25.1 Å². The summed E-state index contributed by atoms with van der Waals surface area (Å²) in [5.74, 6) is 2.18. The lowest BCUT2D eigenvalue weighted by atomic mass is 9.70. The fourth-order valence-electron chi connectivity index (χ4n) is 4.07. The quantitative estimate of drug-likeness (QED) is 0.676. The molecule has 0 aromatic heterocycles. The first kappa shape index (κ1) is 19.8. The lowest BCUT2D eigenvalue weighted by molar-refractivity contribution is -0.129. The standard InChI is InChI=1S/C21H35N3O/c1-15(2)18-9-8-16(3)14-19(18)21(25)24-12-10-17-6-4-5-7-20(17)23-13-11-22/h4-7,15-16,18-19,23H,8-14,22H2,1-3H3,(H,24,25)/t16-,18+,19-/m1/s1. The zero-order valence-electron chi connectivity index (χ0n) is 16.1. The molecular formula is C21H35N3O. The second kappa shape index (κ2) is 9.81. The molecule has 0 spiro atoms. The SMILES string of the molecule is CC(C)[C@@H]1CC[C@@H](C)C[C@H]1C(=O)NCCc1ccccc1NCCN. The predicted octanol–water partition coefficient (Wildman–Crippen LogP) is 3.42. The van der Waals surface area contributed by atoms with Crippen LogP contribution in [0.2, 0.25) is 0 Å². The number of amides is 1. The molecule has 0 bridgehead atoms. The molecule has 0 saturated heterocycles. The van der Waals surface area contributed by atoms with E-state index in [-0.39, 0.29) is 11.8 Å². The van der Waals surface area contributed by atoms with E-state index in [1.165, 1.54) is 18.4 Å². The van der Waals surface area contributed by atoms with Gasteiger partial charge < -0.3 is 16.4 Å². The molecule has 1 aliphatic rings. The molecule has 4 heteroatoms. The van der Waals surface area contributed by atoms with E-state index in [2.05, 4.69) is 43.5 Å². The van der Waals surface area contributed by atoms with Crippen LogP contribution in [0, 0.1) is 23.7 Å². The van der Waals surface area contributed by atoms with Gasteiger partial charge in [0.2, 0.25) is 5.91 Å². The van der Waals surface area contributed by atoms with Gasteiger partial charge in [-0.05, 0) is 48.6 Å². The van der Waals surface area contributed by atoms with Crippen molar-refractivity contribution < 1.29 is 4.79 Å². The van der Waals surface area contributed by atoms with E-state index >= 15 is 0 Å². The Kier molecular flexibility index (Phi) is 7.76. The maximum Gasteiger partial charge on any atom is 0.223 e. The third-order valence-electron chi connectivity index (χ3n) is 5.53. The van der Waals surface area contributed by atoms with Crippen molar-refractivity contribution in [2.45, 2.75) is 46.5 Å². The molecule has 0 heterocycles. The van der Waals surface area contributed by atoms with Crippen molar-refractivity contribution in [3.8, 4) is 0 Å². The summed E-state index contributed by atoms with van der Waals surface area (Å²) in [6.45, 7) is 8.84. The molecule has 2 rings (SSSR count). The van der Waals surface area contributed by atoms with Crippen LogP contribution in [0.4, 0.5) is 5.69 Å². The molecule has 1 aliphatic carbocycles. The second-order valence-corrected chi connectivity index (χ2v) is 7.85. The molecule has 140 valence electrons. The minimum Gasteiger partial charge on any atom is -0.384 e. The first-order chi connectivity index (χ1) is 12.0. The zero-order chi connectivity index (χ0) is 18.2. The first-order valence-electron chi connectivity index (χ1n) is 9.82. The summed E-state index contributed by atoms with van der Waals surface area (Å²) in [6.07, 6.45) is 4.31. The highest BCUT2D eigenvalue weighted by atomic mass is 16.1. The van der Waals surface area contributed by atoms with Crippen molar-refractivity contribution >= 4 is 11.6 Å². The van der Waals surface area contributed by atoms with E-state index in [1.807, 2.05) is 12.1 Å². The van der Waals surface area contributed by atoms with E-state index in [4.69, 9.17) is 5.73 Å². The molecule has 3 atom stereocenters. The number of nitrogens with two attached hydrogens (primary N) is 1. The van der Waals surface area contributed by atoms with Gasteiger partial charge in [-0.15, -0.1) is 0 Å². The number of carbonyl (C=O) groups excluding carboxylic acids is 1. The average molecular weight is 346 g/mol. The van der Waals surface area contributed by atoms with Crippen LogP contribution in [0.15, 0.2) is 24.3 Å². The van der Waals surface area contributed by atoms with Gasteiger partial charge >= 0.3 is 0 Å². The molecule has 1 amide bonds. The van der Waals surface area contributed by atoms with Crippen LogP contribution < -0.4 is 16.4 Å². The predicted molar refractivity (Wildman–Crippen MR) is 106 cm³/mol. The summed E-state index contributed by atoms with van der Waals surface area (Å²) in [4.78, 5) is 12.8. The van der Waals surface area contributed by atoms with Crippen LogP contribution in [0.25, 0.3) is 0 Å². The highest BCUT2D eigenvalue weighted by Gasteiger charge is 2.35. The second-order valence-electron chi connectivity index (χ2n) is 7.85. The summed E-state index contributed by atoms with van der Waals surface area (Å²) >= 11 is 0. The molecule has 1 fully saturated rings. The Hall–Kier alpha value is -1.55. The van der Waals surface area contributed by atoms with Crippen molar-refractivity contribution in [3.05, 3.63) is 29.8 Å². The fourth-order valence-corrected chi connectivity index (χ4v) is 4.07. The normalized spacial score (nSPS) is 23.5. The summed E-state index contributed by atoms with van der Waals surface area (Å²) in [7, 11) is 0. The van der Waals surface area contributed by atoms with Gasteiger partial charge in [0.15, 0.2) is 0 Å². The molecule has 4 nitrogen and oxygen atoms in total. The molecule has 0 aliphatic heterocycles. The van der Waals surface area contributed by atoms with Crippen molar-refractivity contribution in [1.29, 1.82) is 0 Å². The lowest BCUT2D eigenvalue weighted by Crippen LogP contribution is -2.40. The summed E-state index contributed by atoms with van der Waals surface area (Å²) in [5, 5.41) is 6.55. The van der Waals surface area contributed by atoms with Gasteiger partial charge in [-0.3, -0.25) is 4.79 Å². The number of hydrogen-bond acceptors (Lipinski definition) is 3. The first-order valence-corrected chi connectivity index (χ1v) is 9.82. The number of nitrogens with one attached hydrogen (secondary N) is 2. The topological polar surface area (TPSA) is 67.2 Å². The van der Waals surface area contributed by atoms with E-state index < -0.39 is 0 Å². The van der Waals surface area contributed by atoms with Gasteiger partial charge in [0.05, 0.1) is 0 Å². The van der Waals surface area contributed by atoms with E-state index in [9.17, 15) is 4.79 Å². The number of benzene rings is 1. The minimum atomic E-state index is 0.175. The van der Waals surface area contributed by atoms with Crippen molar-refractivity contribution in [3.63, 3.8) is 0 Å². The monoisotopic (exact) mass is 345 g/mol. The maximum absolute atomic E-state index is 12.8. The van der Waals surface area contributed by atoms with Crippen molar-refractivity contribution in [2.75, 3.05) is 25.0 Å². The van der Waals surface area contributed by atoms with Gasteiger partial charge in [0, 0.05) is 31.2 Å². The Labute approximate surface area is 153 Å². The average Bonchev–Trinajstić information content (AvgIpc) is 2.60. The fraction of sp³-hybridized carbons (Fsp3) is 0.667. The largest absolute Gasteiger partial charge is 0.384 e. The third kappa shape index (κ3) is 5.74. The third-order valence-corrected chi connectivity index (χ3v) is 5.53. The molecule has 0 radical (unpaired) electrons. The summed E-state index contributed by atoms with van der Waals surface area (Å²) in [5.41, 5.74) is 7.93. The van der Waals surface area contributed by atoms with E-state index in [0.29, 0.717) is 30.8 Å². The number of para-hydroxylation sites is 1. The summed E-state index contributed by atoms with van der Waals surface area (Å²) in [6, 6.07) is 8.26. The smallest absolute Gasteiger partial charge is 0.223 e. The zero-order valence-corrected chi connectivity index (χ0v) is 16.1. The maximum atomic E-state index is 12.8. The van der Waals surface area contributed by atoms with Crippen LogP contribution in [0.1, 0.15) is 45.6 Å². The molecule has 0 unspecified atom stereocenters.